The molecular weight excluding hydrogens is 293 g/mol. The first-order chi connectivity index (χ1) is 9.67. The molecule has 1 aromatic heterocycles. The van der Waals surface area contributed by atoms with Crippen LogP contribution in [0.2, 0.25) is 10.0 Å². The number of hydrogen-bond donors (Lipinski definition) is 1. The van der Waals surface area contributed by atoms with E-state index in [4.69, 9.17) is 23.2 Å². The number of aromatic nitrogens is 2. The monoisotopic (exact) mass is 309 g/mol. The van der Waals surface area contributed by atoms with Crippen LogP contribution >= 0.6 is 23.2 Å². The highest BCUT2D eigenvalue weighted by molar-refractivity contribution is 6.42. The Balaban J connectivity index is 2.47. The van der Waals surface area contributed by atoms with Crippen LogP contribution in [0.25, 0.3) is 11.3 Å². The van der Waals surface area contributed by atoms with Gasteiger partial charge >= 0.3 is 0 Å². The third kappa shape index (κ3) is 3.22. The van der Waals surface area contributed by atoms with Crippen molar-refractivity contribution in [3.8, 4) is 11.3 Å². The van der Waals surface area contributed by atoms with Gasteiger partial charge < -0.3 is 5.32 Å². The summed E-state index contributed by atoms with van der Waals surface area (Å²) < 4.78 is 0. The molecule has 2 rings (SSSR count). The Labute approximate surface area is 129 Å². The van der Waals surface area contributed by atoms with Crippen molar-refractivity contribution in [2.75, 3.05) is 11.9 Å². The van der Waals surface area contributed by atoms with Gasteiger partial charge in [0.25, 0.3) is 0 Å². The van der Waals surface area contributed by atoms with Crippen molar-refractivity contribution < 1.29 is 0 Å². The topological polar surface area (TPSA) is 37.8 Å². The lowest BCUT2D eigenvalue weighted by Gasteiger charge is -2.13. The zero-order valence-electron chi connectivity index (χ0n) is 11.6. The van der Waals surface area contributed by atoms with Gasteiger partial charge in [-0.25, -0.2) is 9.97 Å². The van der Waals surface area contributed by atoms with Gasteiger partial charge in [0.15, 0.2) is 0 Å². The fourth-order valence-corrected chi connectivity index (χ4v) is 2.33. The molecule has 0 amide bonds. The van der Waals surface area contributed by atoms with E-state index in [9.17, 15) is 0 Å². The Morgan fingerprint density at radius 1 is 1.10 bits per heavy atom. The Bertz CT molecular complexity index is 600. The smallest absolute Gasteiger partial charge is 0.133 e. The van der Waals surface area contributed by atoms with Crippen molar-refractivity contribution >= 4 is 29.0 Å². The molecule has 1 aromatic carbocycles. The number of nitrogens with zero attached hydrogens (tertiary/aromatic N) is 2. The normalized spacial score (nSPS) is 10.6. The van der Waals surface area contributed by atoms with E-state index < -0.39 is 0 Å². The largest absolute Gasteiger partial charge is 0.370 e. The fraction of sp³-hybridized carbons (Fsp3) is 0.333. The highest BCUT2D eigenvalue weighted by atomic mass is 35.5. The van der Waals surface area contributed by atoms with E-state index in [2.05, 4.69) is 29.1 Å². The standard InChI is InChI=1S/C15H17Cl2N3/c1-3-7-18-15-11(4-2)14(19-9-20-15)10-5-6-12(16)13(17)8-10/h5-6,8-9H,3-4,7H2,1-2H3,(H,18,19,20). The first kappa shape index (κ1) is 15.1. The molecule has 5 heteroatoms. The molecular formula is C15H17Cl2N3. The summed E-state index contributed by atoms with van der Waals surface area (Å²) >= 11 is 12.1. The van der Waals surface area contributed by atoms with Crippen LogP contribution < -0.4 is 5.32 Å². The third-order valence-electron chi connectivity index (χ3n) is 3.03. The number of nitrogens with one attached hydrogen (secondary N) is 1. The number of hydrogen-bond acceptors (Lipinski definition) is 3. The molecule has 0 saturated heterocycles. The number of anilines is 1. The minimum atomic E-state index is 0.535. The maximum absolute atomic E-state index is 6.09. The van der Waals surface area contributed by atoms with Crippen molar-refractivity contribution in [3.05, 3.63) is 40.1 Å². The van der Waals surface area contributed by atoms with Crippen LogP contribution in [-0.2, 0) is 6.42 Å². The summed E-state index contributed by atoms with van der Waals surface area (Å²) in [6.07, 6.45) is 3.48. The van der Waals surface area contributed by atoms with Crippen molar-refractivity contribution in [2.24, 2.45) is 0 Å². The van der Waals surface area contributed by atoms with Crippen molar-refractivity contribution in [1.29, 1.82) is 0 Å². The van der Waals surface area contributed by atoms with Crippen molar-refractivity contribution in [2.45, 2.75) is 26.7 Å². The van der Waals surface area contributed by atoms with Crippen LogP contribution in [0, 0.1) is 0 Å². The van der Waals surface area contributed by atoms with Gasteiger partial charge in [0.1, 0.15) is 12.1 Å². The minimum absolute atomic E-state index is 0.535. The summed E-state index contributed by atoms with van der Waals surface area (Å²) in [5.74, 6) is 0.894. The number of rotatable bonds is 5. The van der Waals surface area contributed by atoms with Gasteiger partial charge in [-0.05, 0) is 25.0 Å². The summed E-state index contributed by atoms with van der Waals surface area (Å²) in [6, 6.07) is 5.56. The van der Waals surface area contributed by atoms with Crippen molar-refractivity contribution in [3.63, 3.8) is 0 Å². The predicted octanol–water partition coefficient (Wildman–Crippen LogP) is 4.83. The first-order valence-corrected chi connectivity index (χ1v) is 7.46. The second-order valence-electron chi connectivity index (χ2n) is 4.46. The Kier molecular flexibility index (Phi) is 5.21. The van der Waals surface area contributed by atoms with Gasteiger partial charge in [-0.2, -0.15) is 0 Å². The molecule has 0 bridgehead atoms. The molecule has 2 aromatic rings. The van der Waals surface area contributed by atoms with Gasteiger partial charge in [-0.1, -0.05) is 43.1 Å². The molecule has 3 nitrogen and oxygen atoms in total. The van der Waals surface area contributed by atoms with E-state index in [1.165, 1.54) is 0 Å². The lowest BCUT2D eigenvalue weighted by Crippen LogP contribution is -2.07. The summed E-state index contributed by atoms with van der Waals surface area (Å²) in [5, 5.41) is 4.42. The third-order valence-corrected chi connectivity index (χ3v) is 3.77. The van der Waals surface area contributed by atoms with Crippen LogP contribution in [0.5, 0.6) is 0 Å². The predicted molar refractivity (Wildman–Crippen MR) is 85.6 cm³/mol. The minimum Gasteiger partial charge on any atom is -0.370 e. The van der Waals surface area contributed by atoms with Crippen LogP contribution in [0.1, 0.15) is 25.8 Å². The fourth-order valence-electron chi connectivity index (χ4n) is 2.04. The lowest BCUT2D eigenvalue weighted by molar-refractivity contribution is 0.949. The van der Waals surface area contributed by atoms with E-state index in [1.807, 2.05) is 12.1 Å². The summed E-state index contributed by atoms with van der Waals surface area (Å²) in [4.78, 5) is 8.74. The van der Waals surface area contributed by atoms with Crippen molar-refractivity contribution in [1.82, 2.24) is 9.97 Å². The molecule has 1 N–H and O–H groups in total. The molecule has 0 aliphatic rings. The van der Waals surface area contributed by atoms with E-state index >= 15 is 0 Å². The molecule has 0 aliphatic carbocycles. The first-order valence-electron chi connectivity index (χ1n) is 6.70. The Morgan fingerprint density at radius 2 is 1.90 bits per heavy atom. The van der Waals surface area contributed by atoms with Gasteiger partial charge in [-0.3, -0.25) is 0 Å². The zero-order chi connectivity index (χ0) is 14.5. The van der Waals surface area contributed by atoms with E-state index in [1.54, 1.807) is 12.4 Å². The van der Waals surface area contributed by atoms with E-state index in [0.717, 1.165) is 42.0 Å². The molecule has 1 heterocycles. The Morgan fingerprint density at radius 3 is 2.55 bits per heavy atom. The molecule has 0 aliphatic heterocycles. The van der Waals surface area contributed by atoms with E-state index in [-0.39, 0.29) is 0 Å². The maximum Gasteiger partial charge on any atom is 0.133 e. The summed E-state index contributed by atoms with van der Waals surface area (Å²) in [6.45, 7) is 5.11. The molecule has 0 spiro atoms. The molecule has 0 radical (unpaired) electrons. The highest BCUT2D eigenvalue weighted by Gasteiger charge is 2.12. The molecule has 0 atom stereocenters. The van der Waals surface area contributed by atoms with Gasteiger partial charge in [0, 0.05) is 17.7 Å². The summed E-state index contributed by atoms with van der Waals surface area (Å²) in [7, 11) is 0. The molecule has 106 valence electrons. The van der Waals surface area contributed by atoms with Gasteiger partial charge in [0.2, 0.25) is 0 Å². The Hall–Kier alpha value is -1.32. The van der Waals surface area contributed by atoms with Crippen LogP contribution in [0.4, 0.5) is 5.82 Å². The molecule has 20 heavy (non-hydrogen) atoms. The second kappa shape index (κ2) is 6.91. The van der Waals surface area contributed by atoms with E-state index in [0.29, 0.717) is 10.0 Å². The van der Waals surface area contributed by atoms with Gasteiger partial charge in [0.05, 0.1) is 15.7 Å². The average Bonchev–Trinajstić information content (AvgIpc) is 2.47. The average molecular weight is 310 g/mol. The van der Waals surface area contributed by atoms with Crippen LogP contribution in [0.3, 0.4) is 0 Å². The molecule has 0 unspecified atom stereocenters. The number of benzene rings is 1. The highest BCUT2D eigenvalue weighted by Crippen LogP contribution is 2.31. The summed E-state index contributed by atoms with van der Waals surface area (Å²) in [5.41, 5.74) is 2.96. The SMILES string of the molecule is CCCNc1ncnc(-c2ccc(Cl)c(Cl)c2)c1CC. The number of halogens is 2. The van der Waals surface area contributed by atoms with Gasteiger partial charge in [-0.15, -0.1) is 0 Å². The van der Waals surface area contributed by atoms with Crippen LogP contribution in [-0.4, -0.2) is 16.5 Å². The quantitative estimate of drug-likeness (QED) is 0.859. The second-order valence-corrected chi connectivity index (χ2v) is 5.27. The molecule has 0 fully saturated rings. The zero-order valence-corrected chi connectivity index (χ0v) is 13.1. The lowest BCUT2D eigenvalue weighted by atomic mass is 10.0. The van der Waals surface area contributed by atoms with Crippen LogP contribution in [0.15, 0.2) is 24.5 Å². The molecule has 0 saturated carbocycles. The maximum atomic E-state index is 6.09.